The van der Waals surface area contributed by atoms with Gasteiger partial charge in [0.2, 0.25) is 0 Å². The third-order valence-corrected chi connectivity index (χ3v) is 3.25. The molecule has 0 fully saturated rings. The molecule has 7 heteroatoms. The topological polar surface area (TPSA) is 84.2 Å². The van der Waals surface area contributed by atoms with Crippen molar-refractivity contribution in [3.63, 3.8) is 0 Å². The Labute approximate surface area is 107 Å². The first kappa shape index (κ1) is 14.9. The van der Waals surface area contributed by atoms with Gasteiger partial charge in [0.15, 0.2) is 0 Å². The van der Waals surface area contributed by atoms with Crippen molar-refractivity contribution in [1.29, 1.82) is 0 Å². The number of halogens is 1. The average molecular weight is 275 g/mol. The zero-order valence-electron chi connectivity index (χ0n) is 10.4. The molecule has 102 valence electrons. The van der Waals surface area contributed by atoms with E-state index in [4.69, 9.17) is 5.73 Å². The van der Waals surface area contributed by atoms with Gasteiger partial charge < -0.3 is 5.73 Å². The molecule has 0 amide bonds. The van der Waals surface area contributed by atoms with Crippen LogP contribution in [0, 0.1) is 11.7 Å². The number of rotatable bonds is 6. The predicted octanol–water partition coefficient (Wildman–Crippen LogP) is 1.19. The summed E-state index contributed by atoms with van der Waals surface area (Å²) in [6.07, 6.45) is 0. The molecule has 0 saturated carbocycles. The summed E-state index contributed by atoms with van der Waals surface area (Å²) in [5.74, 6) is -0.252. The molecule has 0 aliphatic rings. The molecule has 0 radical (unpaired) electrons. The standard InChI is InChI=1S/C11H18FN3O2S/c1-8(2)7-14-18(16,17)15-11-4-3-10(12)5-9(11)6-13/h3-5,8,14-15H,6-7,13H2,1-2H3. The van der Waals surface area contributed by atoms with Gasteiger partial charge in [-0.2, -0.15) is 13.1 Å². The van der Waals surface area contributed by atoms with E-state index in [2.05, 4.69) is 9.44 Å². The van der Waals surface area contributed by atoms with Crippen LogP contribution in [0.4, 0.5) is 10.1 Å². The molecule has 0 bridgehead atoms. The third-order valence-electron chi connectivity index (χ3n) is 2.21. The lowest BCUT2D eigenvalue weighted by molar-refractivity contribution is 0.564. The molecule has 18 heavy (non-hydrogen) atoms. The summed E-state index contributed by atoms with van der Waals surface area (Å²) >= 11 is 0. The van der Waals surface area contributed by atoms with Gasteiger partial charge in [-0.3, -0.25) is 4.72 Å². The minimum absolute atomic E-state index is 0.0554. The number of anilines is 1. The van der Waals surface area contributed by atoms with Gasteiger partial charge >= 0.3 is 0 Å². The van der Waals surface area contributed by atoms with Gasteiger partial charge in [0.1, 0.15) is 5.82 Å². The van der Waals surface area contributed by atoms with Crippen molar-refractivity contribution in [2.75, 3.05) is 11.3 Å². The minimum atomic E-state index is -3.65. The summed E-state index contributed by atoms with van der Waals surface area (Å²) < 4.78 is 41.1. The zero-order valence-corrected chi connectivity index (χ0v) is 11.2. The van der Waals surface area contributed by atoms with Crippen molar-refractivity contribution < 1.29 is 12.8 Å². The van der Waals surface area contributed by atoms with E-state index in [-0.39, 0.29) is 18.2 Å². The molecular weight excluding hydrogens is 257 g/mol. The Kier molecular flexibility index (Phi) is 5.06. The van der Waals surface area contributed by atoms with Crippen LogP contribution in [0.25, 0.3) is 0 Å². The normalized spacial score (nSPS) is 11.8. The number of nitrogens with two attached hydrogens (primary N) is 1. The number of hydrogen-bond acceptors (Lipinski definition) is 3. The van der Waals surface area contributed by atoms with E-state index < -0.39 is 16.0 Å². The molecule has 0 atom stereocenters. The quantitative estimate of drug-likeness (QED) is 0.729. The molecule has 4 N–H and O–H groups in total. The molecule has 0 aliphatic carbocycles. The third kappa shape index (κ3) is 4.59. The van der Waals surface area contributed by atoms with Crippen molar-refractivity contribution in [2.45, 2.75) is 20.4 Å². The van der Waals surface area contributed by atoms with Crippen LogP contribution in [-0.2, 0) is 16.8 Å². The number of hydrogen-bond donors (Lipinski definition) is 3. The highest BCUT2D eigenvalue weighted by molar-refractivity contribution is 7.90. The van der Waals surface area contributed by atoms with Crippen LogP contribution < -0.4 is 15.2 Å². The molecule has 1 aromatic carbocycles. The van der Waals surface area contributed by atoms with E-state index in [0.717, 1.165) is 0 Å². The number of nitrogens with one attached hydrogen (secondary N) is 2. The lowest BCUT2D eigenvalue weighted by Crippen LogP contribution is -2.33. The van der Waals surface area contributed by atoms with Crippen molar-refractivity contribution in [1.82, 2.24) is 4.72 Å². The van der Waals surface area contributed by atoms with Crippen LogP contribution in [0.1, 0.15) is 19.4 Å². The van der Waals surface area contributed by atoms with Gasteiger partial charge in [0.25, 0.3) is 10.2 Å². The summed E-state index contributed by atoms with van der Waals surface area (Å²) in [4.78, 5) is 0. The zero-order chi connectivity index (χ0) is 13.8. The first-order chi connectivity index (χ1) is 8.34. The molecule has 0 aromatic heterocycles. The summed E-state index contributed by atoms with van der Waals surface area (Å²) in [6.45, 7) is 4.17. The van der Waals surface area contributed by atoms with E-state index in [1.165, 1.54) is 18.2 Å². The average Bonchev–Trinajstić information content (AvgIpc) is 2.29. The second-order valence-electron chi connectivity index (χ2n) is 4.35. The monoisotopic (exact) mass is 275 g/mol. The number of benzene rings is 1. The van der Waals surface area contributed by atoms with E-state index in [1.54, 1.807) is 0 Å². The molecular formula is C11H18FN3O2S. The Hall–Kier alpha value is -1.18. The van der Waals surface area contributed by atoms with Crippen LogP contribution in [0.3, 0.4) is 0 Å². The molecule has 1 aromatic rings. The van der Waals surface area contributed by atoms with Crippen molar-refractivity contribution >= 4 is 15.9 Å². The molecule has 0 saturated heterocycles. The highest BCUT2D eigenvalue weighted by atomic mass is 32.2. The van der Waals surface area contributed by atoms with Gasteiger partial charge in [0, 0.05) is 13.1 Å². The molecule has 0 spiro atoms. The van der Waals surface area contributed by atoms with Gasteiger partial charge in [-0.15, -0.1) is 0 Å². The summed E-state index contributed by atoms with van der Waals surface area (Å²) in [6, 6.07) is 3.74. The Morgan fingerprint density at radius 2 is 2.06 bits per heavy atom. The largest absolute Gasteiger partial charge is 0.326 e. The molecule has 0 unspecified atom stereocenters. The van der Waals surface area contributed by atoms with Crippen molar-refractivity contribution in [3.8, 4) is 0 Å². The Morgan fingerprint density at radius 1 is 1.39 bits per heavy atom. The Bertz CT molecular complexity index is 503. The maximum absolute atomic E-state index is 13.0. The van der Waals surface area contributed by atoms with Crippen LogP contribution in [0.15, 0.2) is 18.2 Å². The Balaban J connectivity index is 2.83. The maximum atomic E-state index is 13.0. The second-order valence-corrected chi connectivity index (χ2v) is 5.85. The summed E-state index contributed by atoms with van der Waals surface area (Å²) in [5.41, 5.74) is 6.13. The molecule has 0 heterocycles. The highest BCUT2D eigenvalue weighted by Gasteiger charge is 2.12. The fourth-order valence-corrected chi connectivity index (χ4v) is 2.40. The predicted molar refractivity (Wildman–Crippen MR) is 69.7 cm³/mol. The van der Waals surface area contributed by atoms with Crippen molar-refractivity contribution in [3.05, 3.63) is 29.6 Å². The van der Waals surface area contributed by atoms with Crippen LogP contribution in [0.5, 0.6) is 0 Å². The van der Waals surface area contributed by atoms with Gasteiger partial charge in [-0.25, -0.2) is 4.39 Å². The highest BCUT2D eigenvalue weighted by Crippen LogP contribution is 2.17. The molecule has 5 nitrogen and oxygen atoms in total. The van der Waals surface area contributed by atoms with E-state index in [9.17, 15) is 12.8 Å². The van der Waals surface area contributed by atoms with E-state index in [0.29, 0.717) is 12.1 Å². The first-order valence-electron chi connectivity index (χ1n) is 5.60. The first-order valence-corrected chi connectivity index (χ1v) is 7.08. The van der Waals surface area contributed by atoms with Gasteiger partial charge in [0.05, 0.1) is 5.69 Å². The smallest absolute Gasteiger partial charge is 0.299 e. The molecule has 0 aliphatic heterocycles. The van der Waals surface area contributed by atoms with Crippen molar-refractivity contribution in [2.24, 2.45) is 11.7 Å². The fraction of sp³-hybridized carbons (Fsp3) is 0.455. The SMILES string of the molecule is CC(C)CNS(=O)(=O)Nc1ccc(F)cc1CN. The van der Waals surface area contributed by atoms with Gasteiger partial charge in [-0.1, -0.05) is 13.8 Å². The summed E-state index contributed by atoms with van der Waals surface area (Å²) in [7, 11) is -3.65. The lowest BCUT2D eigenvalue weighted by atomic mass is 10.2. The fourth-order valence-electron chi connectivity index (χ4n) is 1.29. The maximum Gasteiger partial charge on any atom is 0.299 e. The van der Waals surface area contributed by atoms with Crippen LogP contribution in [0.2, 0.25) is 0 Å². The van der Waals surface area contributed by atoms with E-state index >= 15 is 0 Å². The van der Waals surface area contributed by atoms with Crippen LogP contribution in [-0.4, -0.2) is 15.0 Å². The molecule has 1 rings (SSSR count). The van der Waals surface area contributed by atoms with Gasteiger partial charge in [-0.05, 0) is 29.7 Å². The second kappa shape index (κ2) is 6.12. The minimum Gasteiger partial charge on any atom is -0.326 e. The Morgan fingerprint density at radius 3 is 2.61 bits per heavy atom. The van der Waals surface area contributed by atoms with E-state index in [1.807, 2.05) is 13.8 Å². The van der Waals surface area contributed by atoms with Crippen LogP contribution >= 0.6 is 0 Å². The summed E-state index contributed by atoms with van der Waals surface area (Å²) in [5, 5.41) is 0. The lowest BCUT2D eigenvalue weighted by Gasteiger charge is -2.13.